The van der Waals surface area contributed by atoms with Crippen LogP contribution in [0.3, 0.4) is 0 Å². The molecule has 1 unspecified atom stereocenters. The van der Waals surface area contributed by atoms with Gasteiger partial charge in [0.2, 0.25) is 0 Å². The summed E-state index contributed by atoms with van der Waals surface area (Å²) in [5, 5.41) is 3.31. The number of aromatic nitrogens is 4. The lowest BCUT2D eigenvalue weighted by Gasteiger charge is -2.09. The van der Waals surface area contributed by atoms with Gasteiger partial charge in [0.1, 0.15) is 6.61 Å². The maximum Gasteiger partial charge on any atom is 0.332 e. The first-order valence-electron chi connectivity index (χ1n) is 6.60. The van der Waals surface area contributed by atoms with Gasteiger partial charge in [-0.1, -0.05) is 0 Å². The van der Waals surface area contributed by atoms with Crippen molar-refractivity contribution >= 4 is 11.2 Å². The van der Waals surface area contributed by atoms with Gasteiger partial charge in [-0.2, -0.15) is 4.98 Å². The molecule has 3 heterocycles. The summed E-state index contributed by atoms with van der Waals surface area (Å²) in [6, 6.07) is 0.585. The van der Waals surface area contributed by atoms with Gasteiger partial charge >= 0.3 is 5.69 Å². The third-order valence-electron chi connectivity index (χ3n) is 3.66. The Balaban J connectivity index is 1.94. The molecule has 1 atom stereocenters. The highest BCUT2D eigenvalue weighted by Crippen LogP contribution is 2.12. The minimum atomic E-state index is -0.405. The van der Waals surface area contributed by atoms with E-state index in [0.717, 1.165) is 24.0 Å². The summed E-state index contributed by atoms with van der Waals surface area (Å²) in [6.07, 6.45) is 2.21. The van der Waals surface area contributed by atoms with Crippen LogP contribution in [0.25, 0.3) is 11.2 Å². The van der Waals surface area contributed by atoms with Crippen LogP contribution in [0.15, 0.2) is 9.59 Å². The average Bonchev–Trinajstić information content (AvgIpc) is 3.09. The Bertz CT molecular complexity index is 751. The number of rotatable bonds is 3. The molecule has 2 aromatic rings. The first kappa shape index (κ1) is 12.9. The zero-order valence-electron chi connectivity index (χ0n) is 11.5. The van der Waals surface area contributed by atoms with Crippen LogP contribution in [0.5, 0.6) is 6.01 Å². The van der Waals surface area contributed by atoms with Crippen LogP contribution in [0.2, 0.25) is 0 Å². The van der Waals surface area contributed by atoms with Crippen LogP contribution < -0.4 is 21.3 Å². The van der Waals surface area contributed by atoms with Crippen molar-refractivity contribution < 1.29 is 4.74 Å². The predicted molar refractivity (Wildman–Crippen MR) is 73.1 cm³/mol. The number of nitrogens with zero attached hydrogens (tertiary/aromatic N) is 3. The van der Waals surface area contributed by atoms with Crippen LogP contribution in [-0.2, 0) is 14.1 Å². The summed E-state index contributed by atoms with van der Waals surface area (Å²) in [7, 11) is 3.02. The van der Waals surface area contributed by atoms with Crippen molar-refractivity contribution in [1.29, 1.82) is 0 Å². The molecule has 0 aromatic carbocycles. The van der Waals surface area contributed by atoms with E-state index in [1.54, 1.807) is 7.05 Å². The number of aryl methyl sites for hydroxylation is 1. The summed E-state index contributed by atoms with van der Waals surface area (Å²) in [4.78, 5) is 30.8. The highest BCUT2D eigenvalue weighted by Gasteiger charge is 2.17. The number of hydrogen-bond acceptors (Lipinski definition) is 5. The van der Waals surface area contributed by atoms with Crippen molar-refractivity contribution in [2.75, 3.05) is 13.2 Å². The van der Waals surface area contributed by atoms with Gasteiger partial charge < -0.3 is 15.0 Å². The van der Waals surface area contributed by atoms with Crippen LogP contribution in [0.1, 0.15) is 12.8 Å². The number of imidazole rings is 1. The van der Waals surface area contributed by atoms with Crippen molar-refractivity contribution in [2.24, 2.45) is 14.1 Å². The molecular weight excluding hydrogens is 262 g/mol. The maximum atomic E-state index is 12.0. The highest BCUT2D eigenvalue weighted by atomic mass is 16.5. The monoisotopic (exact) mass is 279 g/mol. The zero-order valence-corrected chi connectivity index (χ0v) is 11.5. The van der Waals surface area contributed by atoms with Crippen molar-refractivity contribution in [3.8, 4) is 6.01 Å². The minimum Gasteiger partial charge on any atom is -0.463 e. The third-order valence-corrected chi connectivity index (χ3v) is 3.66. The smallest absolute Gasteiger partial charge is 0.332 e. The van der Waals surface area contributed by atoms with Crippen LogP contribution in [0, 0.1) is 0 Å². The number of ether oxygens (including phenoxy) is 1. The summed E-state index contributed by atoms with van der Waals surface area (Å²) >= 11 is 0. The Labute approximate surface area is 114 Å². The number of fused-ring (bicyclic) bond motifs is 1. The van der Waals surface area contributed by atoms with E-state index in [1.165, 1.54) is 11.6 Å². The van der Waals surface area contributed by atoms with Gasteiger partial charge in [0.05, 0.1) is 0 Å². The molecular formula is C12H17N5O3. The van der Waals surface area contributed by atoms with E-state index in [4.69, 9.17) is 4.74 Å². The topological polar surface area (TPSA) is 93.9 Å². The molecule has 3 rings (SSSR count). The fourth-order valence-electron chi connectivity index (χ4n) is 2.45. The Hall–Kier alpha value is -2.09. The maximum absolute atomic E-state index is 12.0. The van der Waals surface area contributed by atoms with E-state index in [1.807, 2.05) is 0 Å². The predicted octanol–water partition coefficient (Wildman–Crippen LogP) is -0.909. The Morgan fingerprint density at radius 3 is 2.85 bits per heavy atom. The third kappa shape index (κ3) is 2.01. The van der Waals surface area contributed by atoms with Crippen molar-refractivity contribution in [1.82, 2.24) is 24.4 Å². The molecule has 0 aliphatic carbocycles. The number of nitrogens with one attached hydrogen (secondary N) is 2. The fraction of sp³-hybridized carbons (Fsp3) is 0.583. The second-order valence-corrected chi connectivity index (χ2v) is 5.05. The highest BCUT2D eigenvalue weighted by molar-refractivity contribution is 5.70. The van der Waals surface area contributed by atoms with Crippen molar-refractivity contribution in [2.45, 2.75) is 18.9 Å². The molecule has 8 heteroatoms. The molecule has 1 aliphatic heterocycles. The van der Waals surface area contributed by atoms with Gasteiger partial charge in [0, 0.05) is 20.1 Å². The minimum absolute atomic E-state index is 0.270. The second kappa shape index (κ2) is 4.78. The first-order chi connectivity index (χ1) is 9.58. The van der Waals surface area contributed by atoms with Gasteiger partial charge in [-0.05, 0) is 19.4 Å². The standard InChI is InChI=1S/C12H17N5O3/c1-16-9-8(10(18)17(2)12(16)19)14-11(15-9)20-6-7-4-3-5-13-7/h7,13H,3-6H2,1-2H3,(H,14,15). The molecule has 1 fully saturated rings. The molecule has 0 bridgehead atoms. The molecule has 108 valence electrons. The summed E-state index contributed by atoms with van der Waals surface area (Å²) in [6.45, 7) is 1.50. The van der Waals surface area contributed by atoms with Gasteiger partial charge in [0.15, 0.2) is 11.2 Å². The molecule has 8 nitrogen and oxygen atoms in total. The van der Waals surface area contributed by atoms with Gasteiger partial charge in [-0.25, -0.2) is 4.79 Å². The van der Waals surface area contributed by atoms with Crippen LogP contribution >= 0.6 is 0 Å². The van der Waals surface area contributed by atoms with Gasteiger partial charge in [-0.15, -0.1) is 0 Å². The molecule has 0 radical (unpaired) electrons. The largest absolute Gasteiger partial charge is 0.463 e. The Kier molecular flexibility index (Phi) is 3.09. The van der Waals surface area contributed by atoms with Gasteiger partial charge in [0.25, 0.3) is 11.6 Å². The number of hydrogen-bond donors (Lipinski definition) is 2. The first-order valence-corrected chi connectivity index (χ1v) is 6.60. The molecule has 20 heavy (non-hydrogen) atoms. The SMILES string of the molecule is Cn1c(=O)c2[nH]c(OCC3CCCN3)nc2n(C)c1=O. The van der Waals surface area contributed by atoms with E-state index in [-0.39, 0.29) is 11.5 Å². The van der Waals surface area contributed by atoms with Crippen molar-refractivity contribution in [3.05, 3.63) is 20.8 Å². The van der Waals surface area contributed by atoms with Crippen LogP contribution in [0.4, 0.5) is 0 Å². The number of aromatic amines is 1. The molecule has 0 saturated carbocycles. The average molecular weight is 279 g/mol. The molecule has 2 aromatic heterocycles. The Morgan fingerprint density at radius 2 is 2.15 bits per heavy atom. The summed E-state index contributed by atoms with van der Waals surface area (Å²) in [5.41, 5.74) is -0.209. The van der Waals surface area contributed by atoms with E-state index in [2.05, 4.69) is 15.3 Å². The van der Waals surface area contributed by atoms with Gasteiger partial charge in [-0.3, -0.25) is 13.9 Å². The normalized spacial score (nSPS) is 18.8. The lowest BCUT2D eigenvalue weighted by Crippen LogP contribution is -2.36. The zero-order chi connectivity index (χ0) is 14.3. The quantitative estimate of drug-likeness (QED) is 0.758. The molecule has 0 spiro atoms. The molecule has 2 N–H and O–H groups in total. The molecule has 1 saturated heterocycles. The fourth-order valence-corrected chi connectivity index (χ4v) is 2.45. The molecule has 0 amide bonds. The number of H-pyrrole nitrogens is 1. The molecule has 1 aliphatic rings. The Morgan fingerprint density at radius 1 is 1.35 bits per heavy atom. The summed E-state index contributed by atoms with van der Waals surface area (Å²) < 4.78 is 7.94. The lowest BCUT2D eigenvalue weighted by atomic mass is 10.2. The summed E-state index contributed by atoms with van der Waals surface area (Å²) in [5.74, 6) is 0. The van der Waals surface area contributed by atoms with E-state index in [9.17, 15) is 9.59 Å². The van der Waals surface area contributed by atoms with Crippen molar-refractivity contribution in [3.63, 3.8) is 0 Å². The van der Waals surface area contributed by atoms with E-state index in [0.29, 0.717) is 18.3 Å². The second-order valence-electron chi connectivity index (χ2n) is 5.05. The lowest BCUT2D eigenvalue weighted by molar-refractivity contribution is 0.260. The van der Waals surface area contributed by atoms with E-state index >= 15 is 0 Å². The van der Waals surface area contributed by atoms with Crippen LogP contribution in [-0.4, -0.2) is 38.3 Å². The van der Waals surface area contributed by atoms with E-state index < -0.39 is 11.2 Å².